The van der Waals surface area contributed by atoms with Gasteiger partial charge in [-0.2, -0.15) is 5.26 Å². The molecule has 0 spiro atoms. The average molecular weight is 272 g/mol. The van der Waals surface area contributed by atoms with Crippen LogP contribution in [0.5, 0.6) is 0 Å². The number of carbonyl (C=O) groups excluding carboxylic acids is 2. The Kier molecular flexibility index (Phi) is 4.04. The zero-order valence-corrected chi connectivity index (χ0v) is 11.4. The summed E-state index contributed by atoms with van der Waals surface area (Å²) < 4.78 is 5.12. The molecule has 1 fully saturated rings. The Morgan fingerprint density at radius 3 is 2.50 bits per heavy atom. The Morgan fingerprint density at radius 1 is 1.40 bits per heavy atom. The van der Waals surface area contributed by atoms with Gasteiger partial charge in [0.2, 0.25) is 0 Å². The van der Waals surface area contributed by atoms with E-state index < -0.39 is 6.10 Å². The van der Waals surface area contributed by atoms with Gasteiger partial charge in [-0.15, -0.1) is 0 Å². The van der Waals surface area contributed by atoms with Crippen LogP contribution in [-0.4, -0.2) is 18.0 Å². The number of nitriles is 1. The van der Waals surface area contributed by atoms with E-state index in [-0.39, 0.29) is 17.8 Å². The van der Waals surface area contributed by atoms with E-state index >= 15 is 0 Å². The first kappa shape index (κ1) is 14.1. The summed E-state index contributed by atoms with van der Waals surface area (Å²) in [7, 11) is 0. The zero-order valence-electron chi connectivity index (χ0n) is 11.4. The summed E-state index contributed by atoms with van der Waals surface area (Å²) >= 11 is 0. The van der Waals surface area contributed by atoms with Crippen molar-refractivity contribution >= 4 is 17.6 Å². The number of hydrogen-bond donors (Lipinski definition) is 1. The first-order chi connectivity index (χ1) is 9.51. The Hall–Kier alpha value is -2.35. The minimum Gasteiger partial charge on any atom is -0.452 e. The van der Waals surface area contributed by atoms with E-state index in [1.54, 1.807) is 31.2 Å². The van der Waals surface area contributed by atoms with Crippen LogP contribution in [0.3, 0.4) is 0 Å². The molecule has 1 saturated carbocycles. The van der Waals surface area contributed by atoms with Crippen molar-refractivity contribution in [2.75, 3.05) is 5.32 Å². The number of nitrogens with one attached hydrogen (secondary N) is 1. The Bertz CT molecular complexity index is 559. The standard InChI is InChI=1S/C15H16N2O3/c1-9-7-13(9)15(19)20-10(2)14(18)17-12-5-3-11(8-16)4-6-12/h3-6,9-10,13H,7H2,1-2H3,(H,17,18)/t9-,10+,13-/m1/s1. The predicted octanol–water partition coefficient (Wildman–Crippen LogP) is 2.08. The minimum atomic E-state index is -0.828. The molecule has 0 radical (unpaired) electrons. The fraction of sp³-hybridized carbons (Fsp3) is 0.400. The molecule has 5 nitrogen and oxygen atoms in total. The van der Waals surface area contributed by atoms with Gasteiger partial charge in [-0.05, 0) is 43.5 Å². The number of nitrogens with zero attached hydrogens (tertiary/aromatic N) is 1. The number of ether oxygens (including phenoxy) is 1. The number of amides is 1. The van der Waals surface area contributed by atoms with Crippen LogP contribution in [0.2, 0.25) is 0 Å². The van der Waals surface area contributed by atoms with Crippen LogP contribution < -0.4 is 5.32 Å². The number of anilines is 1. The van der Waals surface area contributed by atoms with Gasteiger partial charge in [0.15, 0.2) is 6.10 Å². The van der Waals surface area contributed by atoms with Gasteiger partial charge >= 0.3 is 5.97 Å². The van der Waals surface area contributed by atoms with Gasteiger partial charge < -0.3 is 10.1 Å². The van der Waals surface area contributed by atoms with Gasteiger partial charge in [-0.1, -0.05) is 6.92 Å². The maximum atomic E-state index is 11.9. The molecule has 2 rings (SSSR count). The molecule has 0 heterocycles. The largest absolute Gasteiger partial charge is 0.452 e. The molecule has 20 heavy (non-hydrogen) atoms. The molecule has 104 valence electrons. The van der Waals surface area contributed by atoms with Crippen LogP contribution in [0.25, 0.3) is 0 Å². The van der Waals surface area contributed by atoms with Gasteiger partial charge in [0.25, 0.3) is 5.91 Å². The molecule has 1 N–H and O–H groups in total. The average Bonchev–Trinajstić information content (AvgIpc) is 3.16. The third-order valence-electron chi connectivity index (χ3n) is 3.36. The minimum absolute atomic E-state index is 0.0554. The van der Waals surface area contributed by atoms with E-state index in [0.717, 1.165) is 6.42 Å². The first-order valence-corrected chi connectivity index (χ1v) is 6.52. The quantitative estimate of drug-likeness (QED) is 0.851. The second-order valence-corrected chi connectivity index (χ2v) is 5.08. The lowest BCUT2D eigenvalue weighted by atomic mass is 10.2. The van der Waals surface area contributed by atoms with Crippen molar-refractivity contribution in [1.82, 2.24) is 0 Å². The second-order valence-electron chi connectivity index (χ2n) is 5.08. The van der Waals surface area contributed by atoms with Crippen LogP contribution in [0, 0.1) is 23.2 Å². The van der Waals surface area contributed by atoms with Crippen LogP contribution in [0.1, 0.15) is 25.8 Å². The van der Waals surface area contributed by atoms with Crippen molar-refractivity contribution in [3.05, 3.63) is 29.8 Å². The maximum Gasteiger partial charge on any atom is 0.309 e. The van der Waals surface area contributed by atoms with Crippen molar-refractivity contribution in [1.29, 1.82) is 5.26 Å². The number of hydrogen-bond acceptors (Lipinski definition) is 4. The van der Waals surface area contributed by atoms with E-state index in [0.29, 0.717) is 17.2 Å². The van der Waals surface area contributed by atoms with Crippen molar-refractivity contribution in [3.63, 3.8) is 0 Å². The molecule has 1 amide bonds. The second kappa shape index (κ2) is 5.74. The highest BCUT2D eigenvalue weighted by atomic mass is 16.5. The predicted molar refractivity (Wildman–Crippen MR) is 72.6 cm³/mol. The van der Waals surface area contributed by atoms with Gasteiger partial charge in [-0.3, -0.25) is 9.59 Å². The van der Waals surface area contributed by atoms with Crippen molar-refractivity contribution in [2.45, 2.75) is 26.4 Å². The highest BCUT2D eigenvalue weighted by Gasteiger charge is 2.41. The van der Waals surface area contributed by atoms with Crippen molar-refractivity contribution in [2.24, 2.45) is 11.8 Å². The third kappa shape index (κ3) is 3.35. The molecule has 3 atom stereocenters. The molecule has 1 aromatic carbocycles. The van der Waals surface area contributed by atoms with Crippen LogP contribution >= 0.6 is 0 Å². The smallest absolute Gasteiger partial charge is 0.309 e. The van der Waals surface area contributed by atoms with Gasteiger partial charge in [-0.25, -0.2) is 0 Å². The van der Waals surface area contributed by atoms with E-state index in [4.69, 9.17) is 10.00 Å². The molecule has 1 aliphatic carbocycles. The molecule has 1 aromatic rings. The van der Waals surface area contributed by atoms with E-state index in [9.17, 15) is 9.59 Å². The summed E-state index contributed by atoms with van der Waals surface area (Å²) in [4.78, 5) is 23.5. The summed E-state index contributed by atoms with van der Waals surface area (Å²) in [5.74, 6) is -0.382. The summed E-state index contributed by atoms with van der Waals surface area (Å²) in [6.07, 6.45) is 0.00828. The van der Waals surface area contributed by atoms with Crippen molar-refractivity contribution < 1.29 is 14.3 Å². The first-order valence-electron chi connectivity index (χ1n) is 6.52. The number of carbonyl (C=O) groups is 2. The zero-order chi connectivity index (χ0) is 14.7. The summed E-state index contributed by atoms with van der Waals surface area (Å²) in [5.41, 5.74) is 1.09. The Labute approximate surface area is 117 Å². The molecule has 0 aromatic heterocycles. The monoisotopic (exact) mass is 272 g/mol. The maximum absolute atomic E-state index is 11.9. The highest BCUT2D eigenvalue weighted by molar-refractivity contribution is 5.95. The molecule has 0 aliphatic heterocycles. The fourth-order valence-electron chi connectivity index (χ4n) is 1.84. The van der Waals surface area contributed by atoms with E-state index in [2.05, 4.69) is 5.32 Å². The lowest BCUT2D eigenvalue weighted by Crippen LogP contribution is -2.30. The topological polar surface area (TPSA) is 79.2 Å². The molecule has 5 heteroatoms. The summed E-state index contributed by atoms with van der Waals surface area (Å²) in [6.45, 7) is 3.53. The van der Waals surface area contributed by atoms with Crippen LogP contribution in [0.4, 0.5) is 5.69 Å². The summed E-state index contributed by atoms with van der Waals surface area (Å²) in [5, 5.41) is 11.3. The number of rotatable bonds is 4. The SMILES string of the molecule is C[C@H](OC(=O)[C@@H]1C[C@H]1C)C(=O)Nc1ccc(C#N)cc1. The molecule has 0 unspecified atom stereocenters. The lowest BCUT2D eigenvalue weighted by molar-refractivity contribution is -0.154. The van der Waals surface area contributed by atoms with Crippen LogP contribution in [0.15, 0.2) is 24.3 Å². The van der Waals surface area contributed by atoms with E-state index in [1.807, 2.05) is 13.0 Å². The van der Waals surface area contributed by atoms with Gasteiger partial charge in [0.05, 0.1) is 17.6 Å². The molecule has 0 bridgehead atoms. The van der Waals surface area contributed by atoms with Gasteiger partial charge in [0.1, 0.15) is 0 Å². The molecular formula is C15H16N2O3. The van der Waals surface area contributed by atoms with E-state index in [1.165, 1.54) is 0 Å². The highest BCUT2D eigenvalue weighted by Crippen LogP contribution is 2.38. The fourth-order valence-corrected chi connectivity index (χ4v) is 1.84. The Balaban J connectivity index is 1.87. The van der Waals surface area contributed by atoms with Gasteiger partial charge in [0, 0.05) is 5.69 Å². The Morgan fingerprint density at radius 2 is 2.00 bits per heavy atom. The molecule has 0 saturated heterocycles. The summed E-state index contributed by atoms with van der Waals surface area (Å²) in [6, 6.07) is 8.48. The molecule has 1 aliphatic rings. The number of benzene rings is 1. The molecular weight excluding hydrogens is 256 g/mol. The normalized spacial score (nSPS) is 21.4. The van der Waals surface area contributed by atoms with Crippen molar-refractivity contribution in [3.8, 4) is 6.07 Å². The lowest BCUT2D eigenvalue weighted by Gasteiger charge is -2.13. The number of esters is 1. The third-order valence-corrected chi connectivity index (χ3v) is 3.36. The van der Waals surface area contributed by atoms with Crippen LogP contribution in [-0.2, 0) is 14.3 Å².